The summed E-state index contributed by atoms with van der Waals surface area (Å²) in [6.07, 6.45) is 2.18. The number of benzene rings is 1. The topological polar surface area (TPSA) is 89.3 Å². The van der Waals surface area contributed by atoms with Gasteiger partial charge in [0.1, 0.15) is 0 Å². The second kappa shape index (κ2) is 5.34. The van der Waals surface area contributed by atoms with Crippen molar-refractivity contribution in [2.75, 3.05) is 0 Å². The number of halogens is 1. The Morgan fingerprint density at radius 3 is 2.62 bits per heavy atom. The molecular formula is C13H17FN2O4S. The van der Waals surface area contributed by atoms with Gasteiger partial charge in [0.05, 0.1) is 4.92 Å². The Morgan fingerprint density at radius 2 is 2.10 bits per heavy atom. The van der Waals surface area contributed by atoms with Crippen molar-refractivity contribution in [1.29, 1.82) is 0 Å². The van der Waals surface area contributed by atoms with Gasteiger partial charge in [0.25, 0.3) is 0 Å². The van der Waals surface area contributed by atoms with Crippen molar-refractivity contribution in [2.45, 2.75) is 44.0 Å². The minimum absolute atomic E-state index is 0.0288. The van der Waals surface area contributed by atoms with Gasteiger partial charge in [0, 0.05) is 6.04 Å². The number of nitrogens with zero attached hydrogens (tertiary/aromatic N) is 1. The number of nitro benzene ring substituents is 1. The van der Waals surface area contributed by atoms with Gasteiger partial charge < -0.3 is 0 Å². The van der Waals surface area contributed by atoms with Crippen LogP contribution in [0.2, 0.25) is 0 Å². The number of nitrogens with one attached hydrogen (secondary N) is 1. The third-order valence-electron chi connectivity index (χ3n) is 3.71. The molecule has 1 aromatic rings. The Hall–Kier alpha value is -1.54. The largest absolute Gasteiger partial charge is 0.324 e. The van der Waals surface area contributed by atoms with Crippen LogP contribution in [0.4, 0.5) is 10.1 Å². The molecule has 0 heterocycles. The minimum atomic E-state index is -4.12. The Morgan fingerprint density at radius 1 is 1.43 bits per heavy atom. The van der Waals surface area contributed by atoms with Crippen molar-refractivity contribution in [3.8, 4) is 0 Å². The molecule has 1 aliphatic rings. The van der Waals surface area contributed by atoms with E-state index in [1.165, 1.54) is 0 Å². The molecule has 0 saturated heterocycles. The molecule has 0 aromatic heterocycles. The van der Waals surface area contributed by atoms with Gasteiger partial charge in [-0.3, -0.25) is 10.1 Å². The molecular weight excluding hydrogens is 299 g/mol. The van der Waals surface area contributed by atoms with E-state index in [-0.39, 0.29) is 11.5 Å². The van der Waals surface area contributed by atoms with Crippen molar-refractivity contribution in [3.63, 3.8) is 0 Å². The third kappa shape index (κ3) is 3.38. The predicted octanol–water partition coefficient (Wildman–Crippen LogP) is 2.59. The van der Waals surface area contributed by atoms with E-state index in [2.05, 4.69) is 4.72 Å². The van der Waals surface area contributed by atoms with Gasteiger partial charge in [-0.15, -0.1) is 0 Å². The summed E-state index contributed by atoms with van der Waals surface area (Å²) in [6, 6.07) is 2.78. The maximum Gasteiger partial charge on any atom is 0.324 e. The van der Waals surface area contributed by atoms with Gasteiger partial charge >= 0.3 is 5.69 Å². The highest BCUT2D eigenvalue weighted by atomic mass is 32.2. The number of rotatable bonds is 4. The highest BCUT2D eigenvalue weighted by Gasteiger charge is 2.36. The van der Waals surface area contributed by atoms with Crippen molar-refractivity contribution in [1.82, 2.24) is 4.72 Å². The Labute approximate surface area is 122 Å². The molecule has 0 amide bonds. The maximum atomic E-state index is 13.5. The third-order valence-corrected chi connectivity index (χ3v) is 5.26. The number of nitro groups is 1. The lowest BCUT2D eigenvalue weighted by molar-refractivity contribution is -0.390. The van der Waals surface area contributed by atoms with E-state index >= 15 is 0 Å². The summed E-state index contributed by atoms with van der Waals surface area (Å²) in [5.74, 6) is -1.16. The van der Waals surface area contributed by atoms with Crippen molar-refractivity contribution in [2.24, 2.45) is 5.41 Å². The fourth-order valence-corrected chi connectivity index (χ4v) is 4.16. The Bertz CT molecular complexity index is 673. The molecule has 8 heteroatoms. The van der Waals surface area contributed by atoms with Gasteiger partial charge in [0.15, 0.2) is 4.90 Å². The van der Waals surface area contributed by atoms with E-state index < -0.39 is 31.3 Å². The maximum absolute atomic E-state index is 13.5. The van der Waals surface area contributed by atoms with Crippen LogP contribution in [-0.4, -0.2) is 19.4 Å². The molecule has 0 spiro atoms. The van der Waals surface area contributed by atoms with Crippen LogP contribution in [0.3, 0.4) is 0 Å². The summed E-state index contributed by atoms with van der Waals surface area (Å²) in [7, 11) is -4.12. The normalized spacial score (nSPS) is 21.4. The SMILES string of the molecule is CC1(C)CCC(NS(=O)(=O)c2cccc(F)c2[N+](=O)[O-])C1. The Balaban J connectivity index is 2.33. The van der Waals surface area contributed by atoms with Crippen LogP contribution < -0.4 is 4.72 Å². The average molecular weight is 316 g/mol. The molecule has 0 aliphatic heterocycles. The molecule has 1 fully saturated rings. The lowest BCUT2D eigenvalue weighted by Gasteiger charge is -2.18. The van der Waals surface area contributed by atoms with Crippen LogP contribution in [0.15, 0.2) is 23.1 Å². The fourth-order valence-electron chi connectivity index (χ4n) is 2.71. The van der Waals surface area contributed by atoms with Gasteiger partial charge in [-0.1, -0.05) is 19.9 Å². The van der Waals surface area contributed by atoms with Crippen LogP contribution >= 0.6 is 0 Å². The number of hydrogen-bond acceptors (Lipinski definition) is 4. The average Bonchev–Trinajstić information content (AvgIpc) is 2.67. The first-order valence-corrected chi connectivity index (χ1v) is 8.06. The molecule has 1 unspecified atom stereocenters. The second-order valence-corrected chi connectivity index (χ2v) is 7.75. The second-order valence-electron chi connectivity index (χ2n) is 6.07. The lowest BCUT2D eigenvalue weighted by Crippen LogP contribution is -2.34. The zero-order valence-electron chi connectivity index (χ0n) is 11.8. The van der Waals surface area contributed by atoms with Crippen molar-refractivity contribution < 1.29 is 17.7 Å². The van der Waals surface area contributed by atoms with E-state index in [1.54, 1.807) is 0 Å². The number of sulfonamides is 1. The van der Waals surface area contributed by atoms with Crippen LogP contribution in [0.1, 0.15) is 33.1 Å². The van der Waals surface area contributed by atoms with Crippen LogP contribution in [0.25, 0.3) is 0 Å². The summed E-state index contributed by atoms with van der Waals surface area (Å²) in [5.41, 5.74) is -0.983. The van der Waals surface area contributed by atoms with E-state index in [1.807, 2.05) is 13.8 Å². The molecule has 1 N–H and O–H groups in total. The fraction of sp³-hybridized carbons (Fsp3) is 0.538. The molecule has 116 valence electrons. The summed E-state index contributed by atoms with van der Waals surface area (Å²) >= 11 is 0. The molecule has 21 heavy (non-hydrogen) atoms. The molecule has 6 nitrogen and oxygen atoms in total. The van der Waals surface area contributed by atoms with E-state index in [0.717, 1.165) is 24.6 Å². The van der Waals surface area contributed by atoms with Crippen LogP contribution in [-0.2, 0) is 10.0 Å². The minimum Gasteiger partial charge on any atom is -0.258 e. The number of para-hydroxylation sites is 1. The van der Waals surface area contributed by atoms with Gasteiger partial charge in [-0.05, 0) is 36.8 Å². The highest BCUT2D eigenvalue weighted by Crippen LogP contribution is 2.38. The van der Waals surface area contributed by atoms with Crippen molar-refractivity contribution >= 4 is 15.7 Å². The van der Waals surface area contributed by atoms with E-state index in [0.29, 0.717) is 12.8 Å². The molecule has 1 aromatic carbocycles. The summed E-state index contributed by atoms with van der Waals surface area (Å²) in [5, 5.41) is 10.9. The zero-order valence-corrected chi connectivity index (χ0v) is 12.6. The first-order chi connectivity index (χ1) is 9.62. The van der Waals surface area contributed by atoms with Gasteiger partial charge in [0.2, 0.25) is 15.8 Å². The molecule has 2 rings (SSSR count). The molecule has 1 saturated carbocycles. The van der Waals surface area contributed by atoms with E-state index in [9.17, 15) is 22.9 Å². The quantitative estimate of drug-likeness (QED) is 0.683. The molecule has 0 radical (unpaired) electrons. The first-order valence-electron chi connectivity index (χ1n) is 6.58. The number of hydrogen-bond donors (Lipinski definition) is 1. The predicted molar refractivity (Wildman–Crippen MR) is 74.8 cm³/mol. The lowest BCUT2D eigenvalue weighted by atomic mass is 9.92. The standard InChI is InChI=1S/C13H17FN2O4S/c1-13(2)7-6-9(8-13)15-21(19,20)11-5-3-4-10(14)12(11)16(17)18/h3-5,9,15H,6-8H2,1-2H3. The summed E-state index contributed by atoms with van der Waals surface area (Å²) < 4.78 is 40.6. The van der Waals surface area contributed by atoms with Gasteiger partial charge in [-0.2, -0.15) is 4.39 Å². The van der Waals surface area contributed by atoms with Crippen LogP contribution in [0.5, 0.6) is 0 Å². The van der Waals surface area contributed by atoms with Crippen LogP contribution in [0, 0.1) is 21.3 Å². The molecule has 1 aliphatic carbocycles. The van der Waals surface area contributed by atoms with Gasteiger partial charge in [-0.25, -0.2) is 13.1 Å². The monoisotopic (exact) mass is 316 g/mol. The first kappa shape index (κ1) is 15.8. The summed E-state index contributed by atoms with van der Waals surface area (Å²) in [4.78, 5) is 9.26. The zero-order chi connectivity index (χ0) is 15.8. The highest BCUT2D eigenvalue weighted by molar-refractivity contribution is 7.89. The summed E-state index contributed by atoms with van der Waals surface area (Å²) in [6.45, 7) is 4.07. The Kier molecular flexibility index (Phi) is 4.03. The molecule has 1 atom stereocenters. The van der Waals surface area contributed by atoms with Crippen molar-refractivity contribution in [3.05, 3.63) is 34.1 Å². The smallest absolute Gasteiger partial charge is 0.258 e. The van der Waals surface area contributed by atoms with E-state index in [4.69, 9.17) is 0 Å². The molecule has 0 bridgehead atoms.